The van der Waals surface area contributed by atoms with Crippen LogP contribution >= 0.6 is 0 Å². The van der Waals surface area contributed by atoms with Gasteiger partial charge in [-0.2, -0.15) is 0 Å². The normalized spacial score (nSPS) is 18.4. The second-order valence-corrected chi connectivity index (χ2v) is 5.29. The summed E-state index contributed by atoms with van der Waals surface area (Å²) >= 11 is 0. The molecular formula is C14H30N4O. The Morgan fingerprint density at radius 1 is 1.21 bits per heavy atom. The van der Waals surface area contributed by atoms with Crippen molar-refractivity contribution in [2.45, 2.75) is 45.6 Å². The number of hydrogen-bond acceptors (Lipinski definition) is 3. The summed E-state index contributed by atoms with van der Waals surface area (Å²) in [6.07, 6.45) is 4.49. The molecule has 0 aliphatic carbocycles. The van der Waals surface area contributed by atoms with Gasteiger partial charge < -0.3 is 16.0 Å². The van der Waals surface area contributed by atoms with Gasteiger partial charge >= 0.3 is 6.03 Å². The first-order valence-corrected chi connectivity index (χ1v) is 7.69. The van der Waals surface area contributed by atoms with Crippen molar-refractivity contribution in [2.75, 3.05) is 39.3 Å². The molecule has 1 atom stereocenters. The van der Waals surface area contributed by atoms with Crippen LogP contribution in [0.2, 0.25) is 0 Å². The molecule has 1 unspecified atom stereocenters. The molecular weight excluding hydrogens is 240 g/mol. The number of nitrogens with one attached hydrogen (secondary N) is 1. The van der Waals surface area contributed by atoms with Crippen LogP contribution in [-0.2, 0) is 0 Å². The van der Waals surface area contributed by atoms with Crippen molar-refractivity contribution in [3.63, 3.8) is 0 Å². The Labute approximate surface area is 117 Å². The van der Waals surface area contributed by atoms with Gasteiger partial charge in [-0.3, -0.25) is 4.90 Å². The number of nitrogens with two attached hydrogens (primary N) is 1. The van der Waals surface area contributed by atoms with E-state index in [1.165, 1.54) is 6.42 Å². The van der Waals surface area contributed by atoms with Crippen LogP contribution in [0.4, 0.5) is 4.79 Å². The fourth-order valence-corrected chi connectivity index (χ4v) is 2.56. The summed E-state index contributed by atoms with van der Waals surface area (Å²) in [5.41, 5.74) is 5.83. The van der Waals surface area contributed by atoms with Gasteiger partial charge in [0, 0.05) is 45.3 Å². The lowest BCUT2D eigenvalue weighted by Crippen LogP contribution is -2.55. The summed E-state index contributed by atoms with van der Waals surface area (Å²) in [6, 6.07) is 0.572. The second-order valence-electron chi connectivity index (χ2n) is 5.29. The third-order valence-electron chi connectivity index (χ3n) is 3.82. The van der Waals surface area contributed by atoms with Crippen molar-refractivity contribution in [1.29, 1.82) is 0 Å². The van der Waals surface area contributed by atoms with E-state index in [2.05, 4.69) is 24.1 Å². The number of rotatable bonds is 7. The minimum absolute atomic E-state index is 0.0906. The largest absolute Gasteiger partial charge is 0.338 e. The van der Waals surface area contributed by atoms with E-state index >= 15 is 0 Å². The van der Waals surface area contributed by atoms with Gasteiger partial charge in [-0.15, -0.1) is 0 Å². The van der Waals surface area contributed by atoms with E-state index in [4.69, 9.17) is 5.73 Å². The highest BCUT2D eigenvalue weighted by atomic mass is 16.2. The molecule has 0 aromatic rings. The first-order chi connectivity index (χ1) is 9.22. The van der Waals surface area contributed by atoms with Crippen molar-refractivity contribution in [3.05, 3.63) is 0 Å². The molecule has 0 bridgehead atoms. The van der Waals surface area contributed by atoms with E-state index in [9.17, 15) is 4.79 Å². The zero-order valence-electron chi connectivity index (χ0n) is 12.5. The monoisotopic (exact) mass is 270 g/mol. The predicted molar refractivity (Wildman–Crippen MR) is 79.2 cm³/mol. The zero-order valence-corrected chi connectivity index (χ0v) is 12.5. The average molecular weight is 270 g/mol. The Bertz CT molecular complexity index is 252. The minimum atomic E-state index is 0.0906. The number of amides is 2. The van der Waals surface area contributed by atoms with Crippen LogP contribution in [0.1, 0.15) is 39.5 Å². The van der Waals surface area contributed by atoms with E-state index in [1.807, 2.05) is 4.90 Å². The Hall–Kier alpha value is -0.810. The molecule has 19 heavy (non-hydrogen) atoms. The van der Waals surface area contributed by atoms with E-state index in [0.29, 0.717) is 6.04 Å². The maximum absolute atomic E-state index is 11.9. The molecule has 112 valence electrons. The summed E-state index contributed by atoms with van der Waals surface area (Å²) in [7, 11) is 0. The van der Waals surface area contributed by atoms with Gasteiger partial charge in [-0.25, -0.2) is 4.79 Å². The Morgan fingerprint density at radius 2 is 1.89 bits per heavy atom. The number of unbranched alkanes of at least 4 members (excludes halogenated alkanes) is 1. The van der Waals surface area contributed by atoms with E-state index < -0.39 is 0 Å². The molecule has 0 spiro atoms. The van der Waals surface area contributed by atoms with Crippen LogP contribution in [-0.4, -0.2) is 61.1 Å². The highest BCUT2D eigenvalue weighted by Gasteiger charge is 2.24. The number of nitrogens with zero attached hydrogens (tertiary/aromatic N) is 2. The van der Waals surface area contributed by atoms with E-state index in [-0.39, 0.29) is 6.03 Å². The smallest absolute Gasteiger partial charge is 0.317 e. The van der Waals surface area contributed by atoms with Crippen LogP contribution in [0.5, 0.6) is 0 Å². The number of carbonyl (C=O) groups is 1. The van der Waals surface area contributed by atoms with E-state index in [1.54, 1.807) is 0 Å². The molecule has 1 aliphatic heterocycles. The van der Waals surface area contributed by atoms with Crippen LogP contribution in [0.3, 0.4) is 0 Å². The molecule has 0 saturated carbocycles. The topological polar surface area (TPSA) is 61.6 Å². The van der Waals surface area contributed by atoms with Gasteiger partial charge in [0.05, 0.1) is 0 Å². The number of carbonyl (C=O) groups excluding carboxylic acids is 1. The Morgan fingerprint density at radius 3 is 2.42 bits per heavy atom. The third kappa shape index (κ3) is 5.37. The van der Waals surface area contributed by atoms with Crippen molar-refractivity contribution < 1.29 is 4.79 Å². The van der Waals surface area contributed by atoms with Crippen LogP contribution < -0.4 is 11.1 Å². The Balaban J connectivity index is 2.29. The lowest BCUT2D eigenvalue weighted by Gasteiger charge is -2.38. The van der Waals surface area contributed by atoms with Crippen LogP contribution in [0.15, 0.2) is 0 Å². The highest BCUT2D eigenvalue weighted by molar-refractivity contribution is 5.74. The molecule has 5 heteroatoms. The first kappa shape index (κ1) is 16.2. The van der Waals surface area contributed by atoms with Gasteiger partial charge in [0.15, 0.2) is 0 Å². The summed E-state index contributed by atoms with van der Waals surface area (Å²) in [5.74, 6) is 0. The zero-order chi connectivity index (χ0) is 14.1. The summed E-state index contributed by atoms with van der Waals surface area (Å²) < 4.78 is 0. The van der Waals surface area contributed by atoms with Gasteiger partial charge in [-0.05, 0) is 12.8 Å². The predicted octanol–water partition coefficient (Wildman–Crippen LogP) is 1.24. The van der Waals surface area contributed by atoms with Crippen LogP contribution in [0, 0.1) is 0 Å². The fourth-order valence-electron chi connectivity index (χ4n) is 2.56. The van der Waals surface area contributed by atoms with Crippen LogP contribution in [0.25, 0.3) is 0 Å². The highest BCUT2D eigenvalue weighted by Crippen LogP contribution is 2.10. The molecule has 1 heterocycles. The summed E-state index contributed by atoms with van der Waals surface area (Å²) in [4.78, 5) is 16.3. The number of hydrogen-bond donors (Lipinski definition) is 2. The SMILES string of the molecule is CCCCNC(=O)N1CCN(C(CN)CCC)CC1. The molecule has 0 aromatic heterocycles. The van der Waals surface area contributed by atoms with Crippen molar-refractivity contribution >= 4 is 6.03 Å². The summed E-state index contributed by atoms with van der Waals surface area (Å²) in [5, 5.41) is 2.98. The lowest BCUT2D eigenvalue weighted by atomic mass is 10.1. The van der Waals surface area contributed by atoms with Gasteiger partial charge in [0.1, 0.15) is 0 Å². The molecule has 1 aliphatic rings. The second kappa shape index (κ2) is 9.15. The van der Waals surface area contributed by atoms with E-state index in [0.717, 1.165) is 58.5 Å². The molecule has 3 N–H and O–H groups in total. The average Bonchev–Trinajstić information content (AvgIpc) is 2.45. The Kier molecular flexibility index (Phi) is 7.82. The molecule has 1 fully saturated rings. The van der Waals surface area contributed by atoms with Crippen molar-refractivity contribution in [2.24, 2.45) is 5.73 Å². The van der Waals surface area contributed by atoms with Gasteiger partial charge in [0.2, 0.25) is 0 Å². The van der Waals surface area contributed by atoms with Gasteiger partial charge in [0.25, 0.3) is 0 Å². The number of piperazine rings is 1. The molecule has 5 nitrogen and oxygen atoms in total. The lowest BCUT2D eigenvalue weighted by molar-refractivity contribution is 0.106. The fraction of sp³-hybridized carbons (Fsp3) is 0.929. The van der Waals surface area contributed by atoms with Crippen molar-refractivity contribution in [3.8, 4) is 0 Å². The first-order valence-electron chi connectivity index (χ1n) is 7.69. The minimum Gasteiger partial charge on any atom is -0.338 e. The number of urea groups is 1. The molecule has 1 rings (SSSR count). The molecule has 0 aromatic carbocycles. The summed E-state index contributed by atoms with van der Waals surface area (Å²) in [6.45, 7) is 9.36. The molecule has 2 amide bonds. The maximum atomic E-state index is 11.9. The molecule has 1 saturated heterocycles. The third-order valence-corrected chi connectivity index (χ3v) is 3.82. The van der Waals surface area contributed by atoms with Crippen molar-refractivity contribution in [1.82, 2.24) is 15.1 Å². The maximum Gasteiger partial charge on any atom is 0.317 e. The quantitative estimate of drug-likeness (QED) is 0.684. The molecule has 0 radical (unpaired) electrons. The van der Waals surface area contributed by atoms with Gasteiger partial charge in [-0.1, -0.05) is 26.7 Å². The standard InChI is InChI=1S/C14H30N4O/c1-3-5-7-16-14(19)18-10-8-17(9-11-18)13(12-15)6-4-2/h13H,3-12,15H2,1-2H3,(H,16,19).